The number of carbonyl (C=O) groups excluding carboxylic acids is 1. The molecule has 2 aromatic heterocycles. The molecule has 0 N–H and O–H groups in total. The van der Waals surface area contributed by atoms with E-state index in [-0.39, 0.29) is 5.91 Å². The number of aryl methyl sites for hydroxylation is 2. The van der Waals surface area contributed by atoms with E-state index in [1.165, 1.54) is 16.9 Å². The second-order valence-corrected chi connectivity index (χ2v) is 8.39. The highest BCUT2D eigenvalue weighted by atomic mass is 32.1. The number of aromatic nitrogens is 2. The van der Waals surface area contributed by atoms with E-state index in [9.17, 15) is 4.79 Å². The number of pyridine rings is 1. The lowest BCUT2D eigenvalue weighted by Gasteiger charge is -2.46. The highest BCUT2D eigenvalue weighted by molar-refractivity contribution is 7.13. The zero-order chi connectivity index (χ0) is 18.0. The van der Waals surface area contributed by atoms with Crippen LogP contribution in [0.25, 0.3) is 0 Å². The molecule has 0 bridgehead atoms. The number of carbonyl (C=O) groups is 1. The fourth-order valence-corrected chi connectivity index (χ4v) is 4.15. The highest BCUT2D eigenvalue weighted by Gasteiger charge is 2.36. The van der Waals surface area contributed by atoms with Gasteiger partial charge in [-0.05, 0) is 37.5 Å². The summed E-state index contributed by atoms with van der Waals surface area (Å²) in [6.07, 6.45) is 3.68. The van der Waals surface area contributed by atoms with Crippen molar-refractivity contribution in [2.24, 2.45) is 5.92 Å². The molecule has 0 atom stereocenters. The zero-order valence-electron chi connectivity index (χ0n) is 15.4. The average Bonchev–Trinajstić information content (AvgIpc) is 2.84. The van der Waals surface area contributed by atoms with Crippen molar-refractivity contribution in [2.75, 3.05) is 19.6 Å². The van der Waals surface area contributed by atoms with Crippen molar-refractivity contribution in [3.63, 3.8) is 0 Å². The van der Waals surface area contributed by atoms with Crippen molar-refractivity contribution in [3.05, 3.63) is 45.7 Å². The molecule has 6 heteroatoms. The van der Waals surface area contributed by atoms with Crippen molar-refractivity contribution in [3.8, 4) is 0 Å². The Hall–Kier alpha value is -1.79. The second-order valence-electron chi connectivity index (χ2n) is 7.19. The Morgan fingerprint density at radius 2 is 2.00 bits per heavy atom. The number of nitrogens with zero attached hydrogens (tertiary/aromatic N) is 4. The molecular formula is C19H26N4OS. The van der Waals surface area contributed by atoms with Gasteiger partial charge in [0, 0.05) is 44.6 Å². The summed E-state index contributed by atoms with van der Waals surface area (Å²) in [5, 5.41) is 0.956. The first-order valence-electron chi connectivity index (χ1n) is 8.80. The Morgan fingerprint density at radius 1 is 1.32 bits per heavy atom. The van der Waals surface area contributed by atoms with Crippen LogP contribution in [0.15, 0.2) is 24.5 Å². The van der Waals surface area contributed by atoms with Gasteiger partial charge in [0.2, 0.25) is 0 Å². The van der Waals surface area contributed by atoms with Crippen molar-refractivity contribution in [2.45, 2.75) is 40.3 Å². The molecule has 0 saturated carbocycles. The minimum Gasteiger partial charge on any atom is -0.335 e. The number of hydrogen-bond donors (Lipinski definition) is 0. The Kier molecular flexibility index (Phi) is 5.49. The first-order chi connectivity index (χ1) is 11.9. The van der Waals surface area contributed by atoms with E-state index in [4.69, 9.17) is 0 Å². The molecule has 0 aliphatic carbocycles. The molecule has 1 fully saturated rings. The van der Waals surface area contributed by atoms with Crippen molar-refractivity contribution in [1.82, 2.24) is 19.8 Å². The summed E-state index contributed by atoms with van der Waals surface area (Å²) in [5.74, 6) is 0.728. The quantitative estimate of drug-likeness (QED) is 0.796. The minimum absolute atomic E-state index is 0.132. The molecule has 0 spiro atoms. The summed E-state index contributed by atoms with van der Waals surface area (Å²) in [6.45, 7) is 11.9. The van der Waals surface area contributed by atoms with Gasteiger partial charge in [0.05, 0.1) is 10.7 Å². The van der Waals surface area contributed by atoms with E-state index in [1.807, 2.05) is 31.1 Å². The lowest BCUT2D eigenvalue weighted by Crippen LogP contribution is -2.61. The Morgan fingerprint density at radius 3 is 2.56 bits per heavy atom. The summed E-state index contributed by atoms with van der Waals surface area (Å²) in [7, 11) is 0. The van der Waals surface area contributed by atoms with Crippen LogP contribution in [0.4, 0.5) is 0 Å². The summed E-state index contributed by atoms with van der Waals surface area (Å²) < 4.78 is 0. The molecule has 25 heavy (non-hydrogen) atoms. The number of amides is 1. The fraction of sp³-hybridized carbons (Fsp3) is 0.526. The van der Waals surface area contributed by atoms with Crippen LogP contribution in [0.5, 0.6) is 0 Å². The molecule has 3 heterocycles. The van der Waals surface area contributed by atoms with E-state index in [1.54, 1.807) is 0 Å². The van der Waals surface area contributed by atoms with Gasteiger partial charge in [0.25, 0.3) is 5.91 Å². The molecule has 1 aliphatic heterocycles. The topological polar surface area (TPSA) is 49.3 Å². The maximum absolute atomic E-state index is 12.7. The fourth-order valence-electron chi connectivity index (χ4n) is 3.26. The predicted octanol–water partition coefficient (Wildman–Crippen LogP) is 3.14. The molecular weight excluding hydrogens is 332 g/mol. The van der Waals surface area contributed by atoms with E-state index in [0.29, 0.717) is 12.0 Å². The second kappa shape index (κ2) is 7.62. The van der Waals surface area contributed by atoms with E-state index >= 15 is 0 Å². The van der Waals surface area contributed by atoms with Crippen LogP contribution in [-0.4, -0.2) is 51.4 Å². The van der Waals surface area contributed by atoms with Gasteiger partial charge in [-0.15, -0.1) is 11.3 Å². The van der Waals surface area contributed by atoms with Gasteiger partial charge >= 0.3 is 0 Å². The number of rotatable bonds is 6. The summed E-state index contributed by atoms with van der Waals surface area (Å²) in [4.78, 5) is 26.4. The summed E-state index contributed by atoms with van der Waals surface area (Å²) in [5.41, 5.74) is 2.13. The third-order valence-electron chi connectivity index (χ3n) is 4.50. The molecule has 5 nitrogen and oxygen atoms in total. The maximum Gasteiger partial charge on any atom is 0.265 e. The van der Waals surface area contributed by atoms with E-state index in [2.05, 4.69) is 40.8 Å². The molecule has 0 aromatic carbocycles. The highest BCUT2D eigenvalue weighted by Crippen LogP contribution is 2.25. The van der Waals surface area contributed by atoms with Gasteiger partial charge in [0.1, 0.15) is 4.88 Å². The Bertz CT molecular complexity index is 722. The molecule has 134 valence electrons. The van der Waals surface area contributed by atoms with Crippen molar-refractivity contribution in [1.29, 1.82) is 0 Å². The van der Waals surface area contributed by atoms with E-state index < -0.39 is 0 Å². The Labute approximate surface area is 153 Å². The minimum atomic E-state index is 0.132. The summed E-state index contributed by atoms with van der Waals surface area (Å²) in [6, 6.07) is 4.56. The first kappa shape index (κ1) is 18.0. The van der Waals surface area contributed by atoms with Crippen LogP contribution >= 0.6 is 11.3 Å². The molecule has 2 aromatic rings. The number of likely N-dealkylation sites (tertiary alicyclic amines) is 1. The molecule has 0 unspecified atom stereocenters. The van der Waals surface area contributed by atoms with E-state index in [0.717, 1.165) is 41.8 Å². The third kappa shape index (κ3) is 4.25. The number of thiazole rings is 1. The monoisotopic (exact) mass is 358 g/mol. The van der Waals surface area contributed by atoms with Crippen LogP contribution in [-0.2, 0) is 6.54 Å². The molecule has 0 radical (unpaired) electrons. The molecule has 1 saturated heterocycles. The van der Waals surface area contributed by atoms with Gasteiger partial charge < -0.3 is 4.90 Å². The normalized spacial score (nSPS) is 15.0. The van der Waals surface area contributed by atoms with Gasteiger partial charge in [-0.25, -0.2) is 4.98 Å². The van der Waals surface area contributed by atoms with Crippen LogP contribution in [0.1, 0.15) is 39.8 Å². The van der Waals surface area contributed by atoms with Crippen molar-refractivity contribution >= 4 is 17.2 Å². The van der Waals surface area contributed by atoms with Gasteiger partial charge in [-0.1, -0.05) is 13.8 Å². The molecule has 3 rings (SSSR count). The van der Waals surface area contributed by atoms with Crippen LogP contribution < -0.4 is 0 Å². The van der Waals surface area contributed by atoms with Gasteiger partial charge in [0.15, 0.2) is 0 Å². The van der Waals surface area contributed by atoms with Gasteiger partial charge in [-0.2, -0.15) is 0 Å². The van der Waals surface area contributed by atoms with Crippen LogP contribution in [0.3, 0.4) is 0 Å². The standard InChI is InChI=1S/C19H26N4OS/c1-13(2)9-22(10-16-5-7-20-8-6-16)17-11-23(12-17)19(24)18-14(3)21-15(4)25-18/h5-8,13,17H,9-12H2,1-4H3. The van der Waals surface area contributed by atoms with Crippen molar-refractivity contribution < 1.29 is 4.79 Å². The predicted molar refractivity (Wildman–Crippen MR) is 101 cm³/mol. The first-order valence-corrected chi connectivity index (χ1v) is 9.62. The van der Waals surface area contributed by atoms with Crippen LogP contribution in [0.2, 0.25) is 0 Å². The number of hydrogen-bond acceptors (Lipinski definition) is 5. The lowest BCUT2D eigenvalue weighted by molar-refractivity contribution is 0.0200. The Balaban J connectivity index is 1.63. The molecule has 1 amide bonds. The van der Waals surface area contributed by atoms with Crippen LogP contribution in [0, 0.1) is 19.8 Å². The lowest BCUT2D eigenvalue weighted by atomic mass is 10.0. The van der Waals surface area contributed by atoms with Gasteiger partial charge in [-0.3, -0.25) is 14.7 Å². The largest absolute Gasteiger partial charge is 0.335 e. The smallest absolute Gasteiger partial charge is 0.265 e. The third-order valence-corrected chi connectivity index (χ3v) is 5.56. The average molecular weight is 359 g/mol. The summed E-state index contributed by atoms with van der Waals surface area (Å²) >= 11 is 1.50. The maximum atomic E-state index is 12.7. The zero-order valence-corrected chi connectivity index (χ0v) is 16.2. The molecule has 1 aliphatic rings. The SMILES string of the molecule is Cc1nc(C)c(C(=O)N2CC(N(Cc3ccncc3)CC(C)C)C2)s1.